The van der Waals surface area contributed by atoms with Crippen LogP contribution in [0.15, 0.2) is 24.3 Å². The summed E-state index contributed by atoms with van der Waals surface area (Å²) >= 11 is 0. The third-order valence-corrected chi connectivity index (χ3v) is 10.3. The number of carbonyl (C=O) groups is 2. The van der Waals surface area contributed by atoms with Crippen LogP contribution in [0.4, 0.5) is 0 Å². The van der Waals surface area contributed by atoms with Crippen LogP contribution in [0, 0.1) is 0 Å². The van der Waals surface area contributed by atoms with Crippen LogP contribution in [-0.4, -0.2) is 265 Å². The van der Waals surface area contributed by atoms with Crippen molar-refractivity contribution in [3.05, 3.63) is 24.3 Å². The van der Waals surface area contributed by atoms with Crippen molar-refractivity contribution < 1.29 is 127 Å². The van der Waals surface area contributed by atoms with E-state index >= 15 is 0 Å². The summed E-state index contributed by atoms with van der Waals surface area (Å²) in [7, 11) is 0. The smallest absolute Gasteiger partial charge is 0.303 e. The van der Waals surface area contributed by atoms with Crippen molar-refractivity contribution in [2.75, 3.05) is 92.5 Å². The van der Waals surface area contributed by atoms with Crippen molar-refractivity contribution in [2.45, 2.75) is 236 Å². The second-order valence-corrected chi connectivity index (χ2v) is 18.6. The normalized spacial score (nSPS) is 10.6. The lowest BCUT2D eigenvalue weighted by Crippen LogP contribution is -2.15. The van der Waals surface area contributed by atoms with Crippen LogP contribution in [0.1, 0.15) is 194 Å². The number of allylic oxidation sites excluding steroid dienone is 4. The molecule has 0 spiro atoms. The van der Waals surface area contributed by atoms with E-state index < -0.39 is 54.7 Å². The minimum atomic E-state index is -0.954. The molecule has 0 fully saturated rings. The van der Waals surface area contributed by atoms with E-state index in [0.717, 1.165) is 25.7 Å². The molecule has 0 aromatic heterocycles. The van der Waals surface area contributed by atoms with Gasteiger partial charge in [0.2, 0.25) is 0 Å². The highest BCUT2D eigenvalue weighted by Crippen LogP contribution is 2.11. The minimum absolute atomic E-state index is 0.332. The molecule has 0 aromatic carbocycles. The first-order valence-electron chi connectivity index (χ1n) is 29.2. The topological polar surface area (TPSA) is 499 Å². The molecule has 0 saturated carbocycles. The lowest BCUT2D eigenvalue weighted by Gasteiger charge is -1.99. The van der Waals surface area contributed by atoms with E-state index in [1.54, 1.807) is 0 Å². The molecule has 0 unspecified atom stereocenters. The molecule has 0 radical (unpaired) electrons. The highest BCUT2D eigenvalue weighted by molar-refractivity contribution is 5.66. The summed E-state index contributed by atoms with van der Waals surface area (Å²) in [6, 6.07) is 0. The second-order valence-electron chi connectivity index (χ2n) is 18.6. The number of unbranched alkanes of at least 4 members (excludes halogenated alkanes) is 22. The number of aliphatic hydroxyl groups is 21. The standard InChI is InChI=1S/2C18H34O2.7C3H8O3/c2*1-2-3-4-5-6-7-8-9-10-11-12-13-14-15-16-17-18(19)20;7*4-1-3(6)2-5/h2*9-10H,2-8,11-17H2,1H3,(H,19,20);7*3-6H,1-2H2/b2*10-9-;;;;;;;. The van der Waals surface area contributed by atoms with Gasteiger partial charge in [0, 0.05) is 12.8 Å². The van der Waals surface area contributed by atoms with Crippen molar-refractivity contribution in [3.63, 3.8) is 0 Å². The van der Waals surface area contributed by atoms with Gasteiger partial charge in [0.1, 0.15) is 42.7 Å². The number of aliphatic hydroxyl groups excluding tert-OH is 21. The molecule has 0 aliphatic heterocycles. The van der Waals surface area contributed by atoms with E-state index in [0.29, 0.717) is 12.8 Å². The molecule has 0 aliphatic rings. The van der Waals surface area contributed by atoms with Gasteiger partial charge in [-0.3, -0.25) is 9.59 Å². The van der Waals surface area contributed by atoms with Crippen LogP contribution in [0.2, 0.25) is 0 Å². The summed E-state index contributed by atoms with van der Waals surface area (Å²) < 4.78 is 0. The zero-order chi connectivity index (χ0) is 64.7. The molecule has 0 aliphatic carbocycles. The van der Waals surface area contributed by atoms with Gasteiger partial charge < -0.3 is 117 Å². The van der Waals surface area contributed by atoms with Gasteiger partial charge >= 0.3 is 11.9 Å². The summed E-state index contributed by atoms with van der Waals surface area (Å²) in [6.45, 7) is -0.587. The van der Waals surface area contributed by atoms with E-state index in [4.69, 9.17) is 117 Å². The first kappa shape index (κ1) is 98.6. The average Bonchev–Trinajstić information content (AvgIpc) is 3.50. The Morgan fingerprint density at radius 3 is 0.500 bits per heavy atom. The van der Waals surface area contributed by atoms with Crippen molar-refractivity contribution >= 4 is 11.9 Å². The summed E-state index contributed by atoms with van der Waals surface area (Å²) in [5.74, 6) is -1.33. The van der Waals surface area contributed by atoms with Crippen molar-refractivity contribution in [3.8, 4) is 0 Å². The lowest BCUT2D eigenvalue weighted by molar-refractivity contribution is -0.138. The number of aliphatic carboxylic acids is 2. The molecule has 0 atom stereocenters. The van der Waals surface area contributed by atoms with Gasteiger partial charge in [-0.15, -0.1) is 0 Å². The summed E-state index contributed by atoms with van der Waals surface area (Å²) in [6.07, 6.45) is 35.8. The van der Waals surface area contributed by atoms with E-state index in [-0.39, 0.29) is 92.5 Å². The van der Waals surface area contributed by atoms with Crippen LogP contribution in [0.25, 0.3) is 0 Å². The Bertz CT molecular complexity index is 970. The Morgan fingerprint density at radius 2 is 0.378 bits per heavy atom. The molecular weight excluding hydrogens is 1080 g/mol. The Kier molecular flexibility index (Phi) is 114. The minimum Gasteiger partial charge on any atom is -0.481 e. The van der Waals surface area contributed by atoms with Crippen LogP contribution in [-0.2, 0) is 9.59 Å². The number of carboxylic acids is 2. The fourth-order valence-electron chi connectivity index (χ4n) is 5.10. The van der Waals surface area contributed by atoms with Gasteiger partial charge in [-0.25, -0.2) is 0 Å². The maximum absolute atomic E-state index is 10.3. The first-order chi connectivity index (χ1) is 39.2. The molecule has 82 heavy (non-hydrogen) atoms. The van der Waals surface area contributed by atoms with E-state index in [2.05, 4.69) is 38.2 Å². The largest absolute Gasteiger partial charge is 0.481 e. The Balaban J connectivity index is -0.000000112. The van der Waals surface area contributed by atoms with Crippen LogP contribution >= 0.6 is 0 Å². The van der Waals surface area contributed by atoms with Gasteiger partial charge in [0.25, 0.3) is 0 Å². The molecular formula is C57H124O25. The van der Waals surface area contributed by atoms with Gasteiger partial charge in [-0.05, 0) is 64.2 Å². The highest BCUT2D eigenvalue weighted by atomic mass is 16.4. The molecule has 0 amide bonds. The van der Waals surface area contributed by atoms with E-state index in [1.165, 1.54) is 141 Å². The fourth-order valence-corrected chi connectivity index (χ4v) is 5.10. The molecule has 0 saturated heterocycles. The molecule has 0 heterocycles. The van der Waals surface area contributed by atoms with Crippen molar-refractivity contribution in [1.29, 1.82) is 0 Å². The monoisotopic (exact) mass is 1210 g/mol. The molecule has 25 nitrogen and oxygen atoms in total. The number of hydrogen-bond donors (Lipinski definition) is 23. The molecule has 25 heteroatoms. The van der Waals surface area contributed by atoms with Gasteiger partial charge in [0.15, 0.2) is 0 Å². The predicted molar refractivity (Wildman–Crippen MR) is 315 cm³/mol. The third-order valence-electron chi connectivity index (χ3n) is 10.3. The van der Waals surface area contributed by atoms with Gasteiger partial charge in [0.05, 0.1) is 92.5 Å². The number of carboxylic acid groups (broad SMARTS) is 2. The molecule has 23 N–H and O–H groups in total. The lowest BCUT2D eigenvalue weighted by atomic mass is 10.1. The quantitative estimate of drug-likeness (QED) is 0.0292. The first-order valence-corrected chi connectivity index (χ1v) is 29.2. The maximum Gasteiger partial charge on any atom is 0.303 e. The molecule has 502 valence electrons. The second kappa shape index (κ2) is 94.9. The zero-order valence-corrected chi connectivity index (χ0v) is 50.2. The van der Waals surface area contributed by atoms with Gasteiger partial charge in [-0.1, -0.05) is 141 Å². The Labute approximate surface area is 490 Å². The zero-order valence-electron chi connectivity index (χ0n) is 50.2. The summed E-state index contributed by atoms with van der Waals surface area (Å²) in [5.41, 5.74) is 0. The van der Waals surface area contributed by atoms with Crippen molar-refractivity contribution in [2.24, 2.45) is 0 Å². The fraction of sp³-hybridized carbons (Fsp3) is 0.895. The molecule has 0 rings (SSSR count). The number of rotatable bonds is 44. The van der Waals surface area contributed by atoms with Crippen molar-refractivity contribution in [1.82, 2.24) is 0 Å². The van der Waals surface area contributed by atoms with Crippen LogP contribution < -0.4 is 0 Å². The Morgan fingerprint density at radius 1 is 0.244 bits per heavy atom. The average molecular weight is 1210 g/mol. The van der Waals surface area contributed by atoms with E-state index in [9.17, 15) is 9.59 Å². The predicted octanol–water partition coefficient (Wildman–Crippen LogP) is 0.540. The summed E-state index contributed by atoms with van der Waals surface area (Å²) in [4.78, 5) is 20.6. The Hall–Kier alpha value is -2.42. The van der Waals surface area contributed by atoms with E-state index in [1.807, 2.05) is 0 Å². The highest BCUT2D eigenvalue weighted by Gasteiger charge is 2.00. The molecule has 0 bridgehead atoms. The van der Waals surface area contributed by atoms with Crippen LogP contribution in [0.3, 0.4) is 0 Å². The summed E-state index contributed by atoms with van der Waals surface area (Å²) in [5, 5.41) is 185. The third kappa shape index (κ3) is 128. The SMILES string of the molecule is CCCCCCCC/C=C\CCCCCCCC(=O)O.CCCCCCCC/C=C\CCCCCCCC(=O)O.OCC(O)CO.OCC(O)CO.OCC(O)CO.OCC(O)CO.OCC(O)CO.OCC(O)CO.OCC(O)CO. The van der Waals surface area contributed by atoms with Gasteiger partial charge in [-0.2, -0.15) is 0 Å². The van der Waals surface area contributed by atoms with Crippen LogP contribution in [0.5, 0.6) is 0 Å². The maximum atomic E-state index is 10.3. The number of hydrogen-bond acceptors (Lipinski definition) is 23. The molecule has 0 aromatic rings.